The lowest BCUT2D eigenvalue weighted by Gasteiger charge is -2.31. The van der Waals surface area contributed by atoms with Crippen molar-refractivity contribution in [3.05, 3.63) is 48.0 Å². The van der Waals surface area contributed by atoms with Gasteiger partial charge in [-0.05, 0) is 42.7 Å². The molecule has 0 spiro atoms. The lowest BCUT2D eigenvalue weighted by atomic mass is 10.00. The van der Waals surface area contributed by atoms with Gasteiger partial charge in [0.15, 0.2) is 0 Å². The fourth-order valence-electron chi connectivity index (χ4n) is 3.00. The molecular weight excluding hydrogens is 326 g/mol. The van der Waals surface area contributed by atoms with Crippen LogP contribution in [0.4, 0.5) is 17.1 Å². The number of nitrogens with two attached hydrogens (primary N) is 1. The van der Waals surface area contributed by atoms with Crippen LogP contribution >= 0.6 is 12.4 Å². The average Bonchev–Trinajstić information content (AvgIpc) is 2.56. The lowest BCUT2D eigenvalue weighted by molar-refractivity contribution is -0.115. The van der Waals surface area contributed by atoms with Crippen molar-refractivity contribution >= 4 is 35.4 Å². The first kappa shape index (κ1) is 17.9. The smallest absolute Gasteiger partial charge is 0.243 e. The second-order valence-electron chi connectivity index (χ2n) is 5.62. The Morgan fingerprint density at radius 1 is 1.25 bits per heavy atom. The number of para-hydroxylation sites is 2. The second kappa shape index (κ2) is 7.93. The maximum atomic E-state index is 12.4. The van der Waals surface area contributed by atoms with Crippen molar-refractivity contribution in [1.29, 1.82) is 0 Å². The summed E-state index contributed by atoms with van der Waals surface area (Å²) in [6.07, 6.45) is 1.97. The summed E-state index contributed by atoms with van der Waals surface area (Å²) >= 11 is 0. The Hall–Kier alpha value is -2.40. The summed E-state index contributed by atoms with van der Waals surface area (Å²) in [5.74, 6) is 0.592. The number of hydrogen-bond donors (Lipinski definition) is 2. The monoisotopic (exact) mass is 347 g/mol. The Morgan fingerprint density at radius 3 is 2.83 bits per heavy atom. The number of ether oxygens (including phenoxy) is 1. The van der Waals surface area contributed by atoms with E-state index in [0.717, 1.165) is 36.3 Å². The molecule has 2 aromatic carbocycles. The van der Waals surface area contributed by atoms with Crippen LogP contribution in [0.3, 0.4) is 0 Å². The molecule has 3 N–H and O–H groups in total. The van der Waals surface area contributed by atoms with E-state index in [0.29, 0.717) is 18.0 Å². The second-order valence-corrected chi connectivity index (χ2v) is 5.62. The van der Waals surface area contributed by atoms with E-state index in [1.54, 1.807) is 7.11 Å². The molecule has 0 saturated carbocycles. The zero-order valence-corrected chi connectivity index (χ0v) is 14.4. The van der Waals surface area contributed by atoms with Crippen LogP contribution in [0, 0.1) is 0 Å². The number of nitrogens with zero attached hydrogens (tertiary/aromatic N) is 1. The Morgan fingerprint density at radius 2 is 2.04 bits per heavy atom. The molecule has 1 heterocycles. The molecule has 3 rings (SSSR count). The van der Waals surface area contributed by atoms with Gasteiger partial charge in [0, 0.05) is 17.9 Å². The van der Waals surface area contributed by atoms with Crippen LogP contribution < -0.4 is 20.7 Å². The molecule has 2 aromatic rings. The van der Waals surface area contributed by atoms with Gasteiger partial charge in [-0.2, -0.15) is 0 Å². The van der Waals surface area contributed by atoms with Crippen molar-refractivity contribution in [1.82, 2.24) is 0 Å². The van der Waals surface area contributed by atoms with Crippen LogP contribution in [0.15, 0.2) is 42.5 Å². The zero-order valence-electron chi connectivity index (χ0n) is 13.6. The third-order valence-corrected chi connectivity index (χ3v) is 4.10. The quantitative estimate of drug-likeness (QED) is 0.834. The van der Waals surface area contributed by atoms with E-state index in [1.807, 2.05) is 42.5 Å². The Labute approximate surface area is 148 Å². The minimum atomic E-state index is -0.0650. The molecular formula is C18H22ClN3O2. The Bertz CT molecular complexity index is 721. The van der Waals surface area contributed by atoms with Crippen molar-refractivity contribution in [3.8, 4) is 5.75 Å². The van der Waals surface area contributed by atoms with Gasteiger partial charge in [0.1, 0.15) is 5.75 Å². The minimum Gasteiger partial charge on any atom is -0.495 e. The van der Waals surface area contributed by atoms with Crippen LogP contribution in [0.1, 0.15) is 12.0 Å². The van der Waals surface area contributed by atoms with Crippen LogP contribution in [0.2, 0.25) is 0 Å². The first-order valence-corrected chi connectivity index (χ1v) is 7.74. The topological polar surface area (TPSA) is 67.6 Å². The van der Waals surface area contributed by atoms with Crippen molar-refractivity contribution in [2.45, 2.75) is 12.8 Å². The third-order valence-electron chi connectivity index (χ3n) is 4.10. The van der Waals surface area contributed by atoms with Gasteiger partial charge >= 0.3 is 0 Å². The van der Waals surface area contributed by atoms with Crippen LogP contribution in [-0.2, 0) is 11.2 Å². The molecule has 0 bridgehead atoms. The number of nitrogens with one attached hydrogen (secondary N) is 1. The molecule has 0 aromatic heterocycles. The zero-order chi connectivity index (χ0) is 16.2. The van der Waals surface area contributed by atoms with Crippen molar-refractivity contribution in [2.75, 3.05) is 36.1 Å². The highest BCUT2D eigenvalue weighted by molar-refractivity contribution is 5.95. The first-order valence-electron chi connectivity index (χ1n) is 7.74. The van der Waals surface area contributed by atoms with Gasteiger partial charge in [0.05, 0.1) is 19.3 Å². The van der Waals surface area contributed by atoms with Crippen LogP contribution in [-0.4, -0.2) is 26.1 Å². The fraction of sp³-hybridized carbons (Fsp3) is 0.278. The van der Waals surface area contributed by atoms with E-state index in [1.165, 1.54) is 0 Å². The summed E-state index contributed by atoms with van der Waals surface area (Å²) in [4.78, 5) is 14.5. The number of anilines is 3. The highest BCUT2D eigenvalue weighted by atomic mass is 35.5. The maximum Gasteiger partial charge on any atom is 0.243 e. The summed E-state index contributed by atoms with van der Waals surface area (Å²) in [6, 6.07) is 13.3. The molecule has 1 amide bonds. The predicted octanol–water partition coefficient (Wildman–Crippen LogP) is 3.09. The van der Waals surface area contributed by atoms with Crippen molar-refractivity contribution in [3.63, 3.8) is 0 Å². The number of fused-ring (bicyclic) bond motifs is 1. The number of methoxy groups -OCH3 is 1. The fourth-order valence-corrected chi connectivity index (χ4v) is 3.00. The molecule has 24 heavy (non-hydrogen) atoms. The standard InChI is InChI=1S/C18H21N3O2.ClH/c1-23-17-10-3-2-8-15(17)20-18(22)12-21-11-5-6-13-14(19)7-4-9-16(13)21;/h2-4,7-10H,5-6,11-12,19H2,1H3,(H,20,22);1H. The number of carbonyl (C=O) groups excluding carboxylic acids is 1. The molecule has 0 saturated heterocycles. The molecule has 0 fully saturated rings. The molecule has 1 aliphatic heterocycles. The Kier molecular flexibility index (Phi) is 5.93. The van der Waals surface area contributed by atoms with E-state index in [2.05, 4.69) is 10.2 Å². The largest absolute Gasteiger partial charge is 0.495 e. The summed E-state index contributed by atoms with van der Waals surface area (Å²) in [5, 5.41) is 2.92. The Balaban J connectivity index is 0.00000208. The maximum absolute atomic E-state index is 12.4. The third kappa shape index (κ3) is 3.74. The van der Waals surface area contributed by atoms with Gasteiger partial charge < -0.3 is 20.7 Å². The van der Waals surface area contributed by atoms with E-state index in [4.69, 9.17) is 10.5 Å². The number of nitrogen functional groups attached to an aromatic ring is 1. The summed E-state index contributed by atoms with van der Waals surface area (Å²) in [7, 11) is 1.59. The molecule has 0 unspecified atom stereocenters. The number of halogens is 1. The molecule has 5 nitrogen and oxygen atoms in total. The normalized spacial score (nSPS) is 12.8. The van der Waals surface area contributed by atoms with Gasteiger partial charge in [-0.15, -0.1) is 12.4 Å². The van der Waals surface area contributed by atoms with Gasteiger partial charge in [-0.3, -0.25) is 4.79 Å². The van der Waals surface area contributed by atoms with Gasteiger partial charge in [0.25, 0.3) is 0 Å². The average molecular weight is 348 g/mol. The van der Waals surface area contributed by atoms with E-state index < -0.39 is 0 Å². The van der Waals surface area contributed by atoms with Crippen LogP contribution in [0.25, 0.3) is 0 Å². The number of benzene rings is 2. The molecule has 0 aliphatic carbocycles. The molecule has 1 aliphatic rings. The molecule has 128 valence electrons. The lowest BCUT2D eigenvalue weighted by Crippen LogP contribution is -2.37. The predicted molar refractivity (Wildman–Crippen MR) is 100 cm³/mol. The highest BCUT2D eigenvalue weighted by Crippen LogP contribution is 2.31. The highest BCUT2D eigenvalue weighted by Gasteiger charge is 2.20. The van der Waals surface area contributed by atoms with Crippen molar-refractivity contribution in [2.24, 2.45) is 0 Å². The summed E-state index contributed by atoms with van der Waals surface area (Å²) in [5.41, 5.74) is 9.74. The number of amides is 1. The van der Waals surface area contributed by atoms with E-state index >= 15 is 0 Å². The van der Waals surface area contributed by atoms with Gasteiger partial charge in [-0.1, -0.05) is 18.2 Å². The molecule has 6 heteroatoms. The van der Waals surface area contributed by atoms with Gasteiger partial charge in [0.2, 0.25) is 5.91 Å². The minimum absolute atomic E-state index is 0. The van der Waals surface area contributed by atoms with Crippen molar-refractivity contribution < 1.29 is 9.53 Å². The molecule has 0 atom stereocenters. The van der Waals surface area contributed by atoms with Gasteiger partial charge in [-0.25, -0.2) is 0 Å². The number of hydrogen-bond acceptors (Lipinski definition) is 4. The number of carbonyl (C=O) groups is 1. The first-order chi connectivity index (χ1) is 11.2. The number of rotatable bonds is 4. The van der Waals surface area contributed by atoms with E-state index in [-0.39, 0.29) is 18.3 Å². The van der Waals surface area contributed by atoms with Crippen LogP contribution in [0.5, 0.6) is 5.75 Å². The molecule has 0 radical (unpaired) electrons. The summed E-state index contributed by atoms with van der Waals surface area (Å²) < 4.78 is 5.26. The summed E-state index contributed by atoms with van der Waals surface area (Å²) in [6.45, 7) is 1.16. The SMILES string of the molecule is COc1ccccc1NC(=O)CN1CCCc2c(N)cccc21.Cl. The van der Waals surface area contributed by atoms with E-state index in [9.17, 15) is 4.79 Å².